The summed E-state index contributed by atoms with van der Waals surface area (Å²) in [6.45, 7) is -0.641. The zero-order valence-electron chi connectivity index (χ0n) is 21.5. The number of fused-ring (bicyclic) bond motifs is 3. The van der Waals surface area contributed by atoms with Gasteiger partial charge >= 0.3 is 0 Å². The van der Waals surface area contributed by atoms with Crippen LogP contribution in [0.4, 0.5) is 22.9 Å². The summed E-state index contributed by atoms with van der Waals surface area (Å²) < 4.78 is 22.3. The van der Waals surface area contributed by atoms with Crippen LogP contribution in [0.3, 0.4) is 0 Å². The van der Waals surface area contributed by atoms with Gasteiger partial charge in [0.05, 0.1) is 28.7 Å². The largest absolute Gasteiger partial charge is 0.364 e. The van der Waals surface area contributed by atoms with E-state index in [4.69, 9.17) is 4.11 Å². The number of aromatic nitrogens is 4. The molecule has 0 spiro atoms. The Hall–Kier alpha value is -3.95. The zero-order valence-corrected chi connectivity index (χ0v) is 18.5. The van der Waals surface area contributed by atoms with Gasteiger partial charge in [0.1, 0.15) is 17.2 Å². The van der Waals surface area contributed by atoms with E-state index in [1.165, 1.54) is 12.3 Å². The molecule has 1 aliphatic heterocycles. The van der Waals surface area contributed by atoms with Gasteiger partial charge in [0.15, 0.2) is 0 Å². The highest BCUT2D eigenvalue weighted by Crippen LogP contribution is 2.46. The number of rotatable bonds is 5. The van der Waals surface area contributed by atoms with E-state index in [0.29, 0.717) is 11.4 Å². The monoisotopic (exact) mass is 449 g/mol. The summed E-state index contributed by atoms with van der Waals surface area (Å²) >= 11 is 0. The number of nitrogens with zero attached hydrogens (tertiary/aromatic N) is 5. The molecule has 1 aromatic carbocycles. The van der Waals surface area contributed by atoms with E-state index in [1.807, 2.05) is 37.5 Å². The zero-order chi connectivity index (χ0) is 25.8. The van der Waals surface area contributed by atoms with Gasteiger partial charge in [0.25, 0.3) is 5.91 Å². The van der Waals surface area contributed by atoms with Gasteiger partial charge in [0.2, 0.25) is 5.91 Å². The predicted molar refractivity (Wildman–Crippen MR) is 126 cm³/mol. The summed E-state index contributed by atoms with van der Waals surface area (Å²) in [5.74, 6) is -0.705. The third-order valence-corrected chi connectivity index (χ3v) is 6.09. The second-order valence-corrected chi connectivity index (χ2v) is 8.37. The van der Waals surface area contributed by atoms with Crippen molar-refractivity contribution in [3.8, 4) is 11.3 Å². The van der Waals surface area contributed by atoms with Crippen LogP contribution in [0.1, 0.15) is 46.0 Å². The van der Waals surface area contributed by atoms with Crippen LogP contribution in [-0.4, -0.2) is 45.8 Å². The molecule has 10 nitrogen and oxygen atoms in total. The number of carbonyl (C=O) groups excluding carboxylic acids is 2. The van der Waals surface area contributed by atoms with Gasteiger partial charge in [-0.05, 0) is 25.8 Å². The molecule has 1 atom stereocenters. The summed E-state index contributed by atoms with van der Waals surface area (Å²) in [5.41, 5.74) is 4.35. The van der Waals surface area contributed by atoms with Crippen LogP contribution < -0.4 is 20.9 Å². The first-order valence-electron chi connectivity index (χ1n) is 12.2. The molecule has 0 unspecified atom stereocenters. The second kappa shape index (κ2) is 7.88. The molecule has 2 aliphatic rings. The van der Waals surface area contributed by atoms with Gasteiger partial charge in [-0.3, -0.25) is 9.59 Å². The van der Waals surface area contributed by atoms with E-state index >= 15 is 0 Å². The molecule has 1 saturated carbocycles. The lowest BCUT2D eigenvalue weighted by atomic mass is 9.96. The summed E-state index contributed by atoms with van der Waals surface area (Å²) in [5, 5.41) is 17.1. The highest BCUT2D eigenvalue weighted by Gasteiger charge is 2.32. The number of hydrogen-bond acceptors (Lipinski definition) is 7. The Balaban J connectivity index is 1.56. The molecule has 2 aromatic heterocycles. The molecule has 5 rings (SSSR count). The fraction of sp³-hybridized carbons (Fsp3) is 0.348. The van der Waals surface area contributed by atoms with Gasteiger partial charge in [0, 0.05) is 48.9 Å². The maximum atomic E-state index is 12.8. The van der Waals surface area contributed by atoms with Crippen molar-refractivity contribution in [2.75, 3.05) is 29.6 Å². The smallest absolute Gasteiger partial charge is 0.254 e. The highest BCUT2D eigenvalue weighted by atomic mass is 16.2. The average molecular weight is 450 g/mol. The van der Waals surface area contributed by atoms with Crippen LogP contribution in [0, 0.1) is 5.92 Å². The van der Waals surface area contributed by atoms with Crippen molar-refractivity contribution in [2.24, 2.45) is 13.0 Å². The van der Waals surface area contributed by atoms with Crippen LogP contribution in [0.5, 0.6) is 0 Å². The number of carbonyl (C=O) groups is 2. The molecule has 0 radical (unpaired) electrons. The molecule has 170 valence electrons. The molecule has 0 bridgehead atoms. The van der Waals surface area contributed by atoms with Crippen LogP contribution in [0.15, 0.2) is 30.5 Å². The molecule has 1 fully saturated rings. The van der Waals surface area contributed by atoms with E-state index in [2.05, 4.69) is 30.7 Å². The SMILES string of the molecule is [2H]C([2H])([2H])NC(=O)c1cnc(NC(=O)C2CC2)cc1Nc1cccc2c1N(C)[C@@H](C)c1nn(C)nc1-2. The van der Waals surface area contributed by atoms with Crippen molar-refractivity contribution >= 4 is 34.7 Å². The Kier molecular flexibility index (Phi) is 4.20. The molecule has 2 amide bonds. The third kappa shape index (κ3) is 3.67. The maximum absolute atomic E-state index is 12.8. The first-order chi connectivity index (χ1) is 17.0. The van der Waals surface area contributed by atoms with E-state index in [0.717, 1.165) is 35.5 Å². The van der Waals surface area contributed by atoms with Crippen molar-refractivity contribution in [1.29, 1.82) is 0 Å². The van der Waals surface area contributed by atoms with Crippen molar-refractivity contribution in [1.82, 2.24) is 25.3 Å². The van der Waals surface area contributed by atoms with Gasteiger partial charge in [-0.2, -0.15) is 15.0 Å². The average Bonchev–Trinajstić information content (AvgIpc) is 3.58. The summed E-state index contributed by atoms with van der Waals surface area (Å²) in [7, 11) is 3.72. The number of nitrogens with one attached hydrogen (secondary N) is 3. The second-order valence-electron chi connectivity index (χ2n) is 8.37. The molecule has 3 N–H and O–H groups in total. The quantitative estimate of drug-likeness (QED) is 0.548. The molecule has 33 heavy (non-hydrogen) atoms. The minimum atomic E-state index is -2.67. The number of anilines is 4. The fourth-order valence-corrected chi connectivity index (χ4v) is 4.08. The number of amides is 2. The molecule has 3 heterocycles. The Morgan fingerprint density at radius 1 is 1.18 bits per heavy atom. The highest BCUT2D eigenvalue weighted by molar-refractivity contribution is 6.02. The standard InChI is InChI=1S/C23H26N8O2/c1-12-19-20(29-31(4)28-19)14-6-5-7-16(21(14)30(12)3)26-17-10-18(27-22(32)13-8-9-13)25-11-15(17)23(33)24-2/h5-7,10-13H,8-9H2,1-4H3,(H,24,33)(H2,25,26,27,32)/t12-/m0/s1/i2D3. The molecular formula is C23H26N8O2. The van der Waals surface area contributed by atoms with Crippen LogP contribution >= 0.6 is 0 Å². The topological polar surface area (TPSA) is 117 Å². The number of aryl methyl sites for hydroxylation is 1. The minimum Gasteiger partial charge on any atom is -0.364 e. The first kappa shape index (κ1) is 17.6. The van der Waals surface area contributed by atoms with Crippen molar-refractivity contribution in [3.63, 3.8) is 0 Å². The minimum absolute atomic E-state index is 0.0276. The Labute approximate surface area is 195 Å². The maximum Gasteiger partial charge on any atom is 0.254 e. The summed E-state index contributed by atoms with van der Waals surface area (Å²) in [6.07, 6.45) is 2.93. The first-order valence-corrected chi connectivity index (χ1v) is 10.7. The Morgan fingerprint density at radius 2 is 2.00 bits per heavy atom. The van der Waals surface area contributed by atoms with Gasteiger partial charge < -0.3 is 20.9 Å². The number of para-hydroxylation sites is 1. The van der Waals surface area contributed by atoms with Crippen molar-refractivity contribution < 1.29 is 13.7 Å². The van der Waals surface area contributed by atoms with Crippen LogP contribution in [0.2, 0.25) is 0 Å². The van der Waals surface area contributed by atoms with Gasteiger partial charge in [-0.1, -0.05) is 12.1 Å². The third-order valence-electron chi connectivity index (χ3n) is 6.09. The van der Waals surface area contributed by atoms with E-state index in [9.17, 15) is 9.59 Å². The van der Waals surface area contributed by atoms with Gasteiger partial charge in [-0.15, -0.1) is 0 Å². The number of benzene rings is 1. The molecule has 3 aromatic rings. The lowest BCUT2D eigenvalue weighted by Crippen LogP contribution is -2.27. The normalized spacial score (nSPS) is 18.3. The predicted octanol–water partition coefficient (Wildman–Crippen LogP) is 2.84. The van der Waals surface area contributed by atoms with Gasteiger partial charge in [-0.25, -0.2) is 4.98 Å². The van der Waals surface area contributed by atoms with Crippen LogP contribution in [0.25, 0.3) is 11.3 Å². The van der Waals surface area contributed by atoms with Crippen molar-refractivity contribution in [3.05, 3.63) is 41.7 Å². The number of pyridine rings is 1. The molecule has 10 heteroatoms. The number of hydrogen-bond donors (Lipinski definition) is 3. The Bertz CT molecular complexity index is 1370. The fourth-order valence-electron chi connectivity index (χ4n) is 4.08. The van der Waals surface area contributed by atoms with E-state index in [-0.39, 0.29) is 29.2 Å². The van der Waals surface area contributed by atoms with E-state index in [1.54, 1.807) is 11.8 Å². The molecule has 0 saturated heterocycles. The molecular weight excluding hydrogens is 420 g/mol. The Morgan fingerprint density at radius 3 is 2.76 bits per heavy atom. The van der Waals surface area contributed by atoms with Crippen molar-refractivity contribution in [2.45, 2.75) is 25.8 Å². The lowest BCUT2D eigenvalue weighted by molar-refractivity contribution is -0.117. The van der Waals surface area contributed by atoms with E-state index < -0.39 is 12.9 Å². The molecule has 1 aliphatic carbocycles. The summed E-state index contributed by atoms with van der Waals surface area (Å²) in [6, 6.07) is 7.15. The van der Waals surface area contributed by atoms with Crippen LogP contribution in [-0.2, 0) is 11.8 Å². The lowest BCUT2D eigenvalue weighted by Gasteiger charge is -2.34. The summed E-state index contributed by atoms with van der Waals surface area (Å²) in [4.78, 5) is 32.9.